The summed E-state index contributed by atoms with van der Waals surface area (Å²) in [6.07, 6.45) is 1.66. The van der Waals surface area contributed by atoms with Gasteiger partial charge in [0.05, 0.1) is 0 Å². The van der Waals surface area contributed by atoms with Crippen LogP contribution in [0, 0.1) is 0 Å². The van der Waals surface area contributed by atoms with Gasteiger partial charge in [0.2, 0.25) is 5.91 Å². The second-order valence-electron chi connectivity index (χ2n) is 3.83. The molecule has 0 radical (unpaired) electrons. The van der Waals surface area contributed by atoms with Crippen LogP contribution in [0.1, 0.15) is 45.1 Å². The minimum atomic E-state index is 0.0614. The van der Waals surface area contributed by atoms with Gasteiger partial charge in [0.25, 0.3) is 0 Å². The van der Waals surface area contributed by atoms with Gasteiger partial charge in [-0.25, -0.2) is 0 Å². The maximum Gasteiger partial charge on any atom is 0.224 e. The van der Waals surface area contributed by atoms with E-state index in [2.05, 4.69) is 31.3 Å². The summed E-state index contributed by atoms with van der Waals surface area (Å²) in [5.74, 6) is 0.646. The molecule has 0 aromatic heterocycles. The van der Waals surface area contributed by atoms with Crippen LogP contribution in [0.5, 0.6) is 0 Å². The minimum Gasteiger partial charge on any atom is -0.326 e. The van der Waals surface area contributed by atoms with E-state index in [1.807, 2.05) is 19.1 Å². The van der Waals surface area contributed by atoms with Gasteiger partial charge < -0.3 is 5.32 Å². The second kappa shape index (κ2) is 5.54. The van der Waals surface area contributed by atoms with Gasteiger partial charge in [0.15, 0.2) is 0 Å². The first-order chi connectivity index (χ1) is 7.17. The number of hydrogen-bond donors (Lipinski definition) is 1. The van der Waals surface area contributed by atoms with Crippen LogP contribution in [0.15, 0.2) is 24.3 Å². The largest absolute Gasteiger partial charge is 0.326 e. The van der Waals surface area contributed by atoms with Crippen LogP contribution in [-0.2, 0) is 4.79 Å². The molecular weight excluding hydrogens is 186 g/mol. The Morgan fingerprint density at radius 1 is 1.27 bits per heavy atom. The highest BCUT2D eigenvalue weighted by atomic mass is 16.1. The second-order valence-corrected chi connectivity index (χ2v) is 3.83. The molecular formula is C13H19NO. The molecule has 0 saturated carbocycles. The van der Waals surface area contributed by atoms with Crippen molar-refractivity contribution in [2.24, 2.45) is 0 Å². The molecule has 82 valence electrons. The van der Waals surface area contributed by atoms with E-state index in [-0.39, 0.29) is 5.91 Å². The quantitative estimate of drug-likeness (QED) is 0.800. The fourth-order valence-corrected chi connectivity index (χ4v) is 1.38. The molecule has 1 aromatic carbocycles. The molecule has 0 fully saturated rings. The van der Waals surface area contributed by atoms with Crippen LogP contribution in [-0.4, -0.2) is 5.91 Å². The van der Waals surface area contributed by atoms with E-state index in [1.165, 1.54) is 5.56 Å². The average Bonchev–Trinajstić information content (AvgIpc) is 2.29. The fourth-order valence-electron chi connectivity index (χ4n) is 1.38. The highest BCUT2D eigenvalue weighted by Crippen LogP contribution is 2.20. The Bertz CT molecular complexity index is 316. The maximum absolute atomic E-state index is 11.1. The molecule has 0 bridgehead atoms. The molecule has 0 heterocycles. The highest BCUT2D eigenvalue weighted by Gasteiger charge is 2.03. The highest BCUT2D eigenvalue weighted by molar-refractivity contribution is 5.90. The lowest BCUT2D eigenvalue weighted by molar-refractivity contribution is -0.115. The van der Waals surface area contributed by atoms with Gasteiger partial charge in [-0.15, -0.1) is 0 Å². The number of benzene rings is 1. The smallest absolute Gasteiger partial charge is 0.224 e. The summed E-state index contributed by atoms with van der Waals surface area (Å²) in [5, 5.41) is 2.84. The van der Waals surface area contributed by atoms with Crippen LogP contribution < -0.4 is 5.32 Å². The molecule has 0 saturated heterocycles. The van der Waals surface area contributed by atoms with Crippen molar-refractivity contribution in [3.63, 3.8) is 0 Å². The van der Waals surface area contributed by atoms with Gasteiger partial charge in [0, 0.05) is 12.1 Å². The Labute approximate surface area is 91.7 Å². The van der Waals surface area contributed by atoms with Crippen LogP contribution in [0.25, 0.3) is 0 Å². The summed E-state index contributed by atoms with van der Waals surface area (Å²) >= 11 is 0. The van der Waals surface area contributed by atoms with E-state index in [4.69, 9.17) is 0 Å². The Hall–Kier alpha value is -1.31. The third-order valence-corrected chi connectivity index (χ3v) is 2.70. The van der Waals surface area contributed by atoms with E-state index in [9.17, 15) is 4.79 Å². The number of carbonyl (C=O) groups is 1. The van der Waals surface area contributed by atoms with Crippen molar-refractivity contribution >= 4 is 11.6 Å². The number of hydrogen-bond acceptors (Lipinski definition) is 1. The predicted molar refractivity (Wildman–Crippen MR) is 64.1 cm³/mol. The van der Waals surface area contributed by atoms with Crippen molar-refractivity contribution in [2.75, 3.05) is 5.32 Å². The lowest BCUT2D eigenvalue weighted by atomic mass is 9.99. The van der Waals surface area contributed by atoms with Crippen LogP contribution in [0.3, 0.4) is 0 Å². The number of rotatable bonds is 4. The van der Waals surface area contributed by atoms with Crippen LogP contribution >= 0.6 is 0 Å². The molecule has 2 nitrogen and oxygen atoms in total. The standard InChI is InChI=1S/C13H19NO/c1-4-10(3)11-6-8-12(9-7-11)14-13(15)5-2/h6-10H,4-5H2,1-3H3,(H,14,15). The zero-order valence-electron chi connectivity index (χ0n) is 9.71. The van der Waals surface area contributed by atoms with Crippen LogP contribution in [0.2, 0.25) is 0 Å². The third kappa shape index (κ3) is 3.39. The Morgan fingerprint density at radius 3 is 2.33 bits per heavy atom. The van der Waals surface area contributed by atoms with Crippen molar-refractivity contribution in [1.29, 1.82) is 0 Å². The number of amides is 1. The number of nitrogens with one attached hydrogen (secondary N) is 1. The zero-order chi connectivity index (χ0) is 11.3. The Balaban J connectivity index is 2.68. The van der Waals surface area contributed by atoms with Gasteiger partial charge >= 0.3 is 0 Å². The summed E-state index contributed by atoms with van der Waals surface area (Å²) in [4.78, 5) is 11.1. The maximum atomic E-state index is 11.1. The first-order valence-corrected chi connectivity index (χ1v) is 5.57. The zero-order valence-corrected chi connectivity index (χ0v) is 9.71. The van der Waals surface area contributed by atoms with Gasteiger partial charge in [-0.3, -0.25) is 4.79 Å². The molecule has 1 unspecified atom stereocenters. The summed E-state index contributed by atoms with van der Waals surface area (Å²) in [6, 6.07) is 8.10. The van der Waals surface area contributed by atoms with Crippen molar-refractivity contribution in [2.45, 2.75) is 39.5 Å². The molecule has 1 N–H and O–H groups in total. The molecule has 15 heavy (non-hydrogen) atoms. The van der Waals surface area contributed by atoms with Gasteiger partial charge in [-0.2, -0.15) is 0 Å². The summed E-state index contributed by atoms with van der Waals surface area (Å²) in [6.45, 7) is 6.24. The van der Waals surface area contributed by atoms with Gasteiger partial charge in [-0.1, -0.05) is 32.9 Å². The summed E-state index contributed by atoms with van der Waals surface area (Å²) in [7, 11) is 0. The number of anilines is 1. The summed E-state index contributed by atoms with van der Waals surface area (Å²) < 4.78 is 0. The van der Waals surface area contributed by atoms with Gasteiger partial charge in [-0.05, 0) is 30.0 Å². The first-order valence-electron chi connectivity index (χ1n) is 5.57. The van der Waals surface area contributed by atoms with Crippen molar-refractivity contribution in [3.8, 4) is 0 Å². The van der Waals surface area contributed by atoms with E-state index in [1.54, 1.807) is 0 Å². The number of carbonyl (C=O) groups excluding carboxylic acids is 1. The molecule has 1 aromatic rings. The molecule has 0 spiro atoms. The van der Waals surface area contributed by atoms with E-state index >= 15 is 0 Å². The van der Waals surface area contributed by atoms with E-state index < -0.39 is 0 Å². The van der Waals surface area contributed by atoms with Crippen molar-refractivity contribution in [1.82, 2.24) is 0 Å². The Kier molecular flexibility index (Phi) is 4.35. The van der Waals surface area contributed by atoms with Crippen LogP contribution in [0.4, 0.5) is 5.69 Å². The molecule has 0 aliphatic heterocycles. The topological polar surface area (TPSA) is 29.1 Å². The third-order valence-electron chi connectivity index (χ3n) is 2.70. The summed E-state index contributed by atoms with van der Waals surface area (Å²) in [5.41, 5.74) is 2.21. The normalized spacial score (nSPS) is 12.2. The molecule has 2 heteroatoms. The Morgan fingerprint density at radius 2 is 1.87 bits per heavy atom. The lowest BCUT2D eigenvalue weighted by Gasteiger charge is -2.10. The minimum absolute atomic E-state index is 0.0614. The molecule has 0 aliphatic rings. The molecule has 1 rings (SSSR count). The van der Waals surface area contributed by atoms with Crippen molar-refractivity contribution in [3.05, 3.63) is 29.8 Å². The molecule has 0 aliphatic carbocycles. The predicted octanol–water partition coefficient (Wildman–Crippen LogP) is 3.55. The van der Waals surface area contributed by atoms with Gasteiger partial charge in [0.1, 0.15) is 0 Å². The molecule has 1 atom stereocenters. The molecule has 1 amide bonds. The lowest BCUT2D eigenvalue weighted by Crippen LogP contribution is -2.09. The van der Waals surface area contributed by atoms with E-state index in [0.29, 0.717) is 12.3 Å². The SMILES string of the molecule is CCC(=O)Nc1ccc(C(C)CC)cc1. The fraction of sp³-hybridized carbons (Fsp3) is 0.462. The monoisotopic (exact) mass is 205 g/mol. The van der Waals surface area contributed by atoms with E-state index in [0.717, 1.165) is 12.1 Å². The van der Waals surface area contributed by atoms with Crippen molar-refractivity contribution < 1.29 is 4.79 Å². The average molecular weight is 205 g/mol. The first kappa shape index (κ1) is 11.8.